The first-order valence-corrected chi connectivity index (χ1v) is 21.2. The number of rotatable bonds is 38. The fourth-order valence-electron chi connectivity index (χ4n) is 6.37. The van der Waals surface area contributed by atoms with Gasteiger partial charge >= 0.3 is 0 Å². The zero-order valence-electron chi connectivity index (χ0n) is 32.3. The highest BCUT2D eigenvalue weighted by Gasteiger charge is 2.19. The van der Waals surface area contributed by atoms with E-state index in [1.807, 2.05) is 0 Å². The highest BCUT2D eigenvalue weighted by molar-refractivity contribution is 5.76. The van der Waals surface area contributed by atoms with E-state index in [1.165, 1.54) is 154 Å². The summed E-state index contributed by atoms with van der Waals surface area (Å²) in [5.41, 5.74) is 0. The molecule has 48 heavy (non-hydrogen) atoms. The van der Waals surface area contributed by atoms with Crippen molar-refractivity contribution in [1.29, 1.82) is 0 Å². The van der Waals surface area contributed by atoms with Crippen LogP contribution in [0.4, 0.5) is 0 Å². The molecule has 0 aliphatic carbocycles. The largest absolute Gasteiger partial charge is 0.394 e. The van der Waals surface area contributed by atoms with E-state index in [0.717, 1.165) is 38.5 Å². The second-order valence-corrected chi connectivity index (χ2v) is 14.4. The van der Waals surface area contributed by atoms with Crippen molar-refractivity contribution in [2.75, 3.05) is 6.61 Å². The lowest BCUT2D eigenvalue weighted by atomic mass is 10.0. The van der Waals surface area contributed by atoms with E-state index in [9.17, 15) is 15.0 Å². The second-order valence-electron chi connectivity index (χ2n) is 14.4. The first kappa shape index (κ1) is 46.6. The molecule has 0 aromatic rings. The smallest absolute Gasteiger partial charge is 0.220 e. The minimum Gasteiger partial charge on any atom is -0.394 e. The van der Waals surface area contributed by atoms with Gasteiger partial charge < -0.3 is 15.5 Å². The lowest BCUT2D eigenvalue weighted by Crippen LogP contribution is -2.45. The minimum atomic E-state index is -0.661. The van der Waals surface area contributed by atoms with Gasteiger partial charge in [0.05, 0.1) is 18.8 Å². The molecule has 0 radical (unpaired) electrons. The van der Waals surface area contributed by atoms with Gasteiger partial charge in [-0.25, -0.2) is 0 Å². The van der Waals surface area contributed by atoms with Crippen molar-refractivity contribution >= 4 is 5.91 Å². The summed E-state index contributed by atoms with van der Waals surface area (Å²) in [7, 11) is 0. The Labute approximate surface area is 300 Å². The van der Waals surface area contributed by atoms with E-state index >= 15 is 0 Å². The molecule has 0 aromatic carbocycles. The number of amides is 1. The van der Waals surface area contributed by atoms with Gasteiger partial charge in [-0.1, -0.05) is 198 Å². The van der Waals surface area contributed by atoms with Crippen molar-refractivity contribution in [3.63, 3.8) is 0 Å². The molecule has 0 bridgehead atoms. The summed E-state index contributed by atoms with van der Waals surface area (Å²) in [5, 5.41) is 23.1. The lowest BCUT2D eigenvalue weighted by Gasteiger charge is -2.22. The first-order valence-electron chi connectivity index (χ1n) is 21.2. The maximum Gasteiger partial charge on any atom is 0.220 e. The fraction of sp³-hybridized carbons (Fsp3) is 0.841. The molecule has 2 unspecified atom stereocenters. The van der Waals surface area contributed by atoms with Gasteiger partial charge in [0.15, 0.2) is 0 Å². The van der Waals surface area contributed by atoms with Gasteiger partial charge in [0.2, 0.25) is 5.91 Å². The van der Waals surface area contributed by atoms with Gasteiger partial charge in [-0.05, 0) is 51.4 Å². The summed E-state index contributed by atoms with van der Waals surface area (Å²) in [5.74, 6) is -0.0395. The Balaban J connectivity index is 3.55. The van der Waals surface area contributed by atoms with Crippen molar-refractivity contribution in [1.82, 2.24) is 5.32 Å². The molecule has 282 valence electrons. The standard InChI is InChI=1S/C44H83NO3/c1-3-5-7-9-11-13-15-17-18-19-20-21-22-23-24-25-26-28-30-32-34-36-38-40-44(48)45-42(41-46)43(47)39-37-35-33-31-29-27-16-14-12-10-8-6-4-2/h15,17,19-20,22-23,42-43,46-47H,3-14,16,18,21,24-41H2,1-2H3,(H,45,48)/b17-15-,20-19-,23-22-. The predicted octanol–water partition coefficient (Wildman–Crippen LogP) is 13.0. The quantitative estimate of drug-likeness (QED) is 0.0451. The Morgan fingerprint density at radius 2 is 0.854 bits per heavy atom. The third kappa shape index (κ3) is 35.9. The number of aliphatic hydroxyl groups is 2. The molecule has 0 fully saturated rings. The van der Waals surface area contributed by atoms with Crippen LogP contribution in [0.25, 0.3) is 0 Å². The van der Waals surface area contributed by atoms with E-state index in [1.54, 1.807) is 0 Å². The summed E-state index contributed by atoms with van der Waals surface area (Å²) in [6.07, 6.45) is 52.1. The molecule has 0 saturated heterocycles. The van der Waals surface area contributed by atoms with Gasteiger partial charge in [0.1, 0.15) is 0 Å². The Bertz CT molecular complexity index is 731. The lowest BCUT2D eigenvalue weighted by molar-refractivity contribution is -0.123. The van der Waals surface area contributed by atoms with E-state index in [4.69, 9.17) is 0 Å². The fourth-order valence-corrected chi connectivity index (χ4v) is 6.37. The summed E-state index contributed by atoms with van der Waals surface area (Å²) >= 11 is 0. The number of aliphatic hydroxyl groups excluding tert-OH is 2. The summed E-state index contributed by atoms with van der Waals surface area (Å²) in [6.45, 7) is 4.34. The molecule has 4 nitrogen and oxygen atoms in total. The Morgan fingerprint density at radius 3 is 1.27 bits per heavy atom. The number of hydrogen-bond donors (Lipinski definition) is 3. The maximum atomic E-state index is 12.4. The number of hydrogen-bond acceptors (Lipinski definition) is 3. The van der Waals surface area contributed by atoms with Crippen LogP contribution in [-0.4, -0.2) is 34.9 Å². The molecular weight excluding hydrogens is 590 g/mol. The topological polar surface area (TPSA) is 69.6 Å². The van der Waals surface area contributed by atoms with Crippen LogP contribution in [-0.2, 0) is 4.79 Å². The molecule has 1 amide bonds. The normalized spacial score (nSPS) is 13.3. The Kier molecular flexibility index (Phi) is 38.9. The molecule has 0 aliphatic rings. The highest BCUT2D eigenvalue weighted by atomic mass is 16.3. The van der Waals surface area contributed by atoms with E-state index in [-0.39, 0.29) is 12.5 Å². The zero-order chi connectivity index (χ0) is 35.0. The summed E-state index contributed by atoms with van der Waals surface area (Å²) in [6, 6.07) is -0.539. The number of unbranched alkanes of at least 4 members (excludes halogenated alkanes) is 25. The minimum absolute atomic E-state index is 0.0395. The maximum absolute atomic E-state index is 12.4. The molecule has 3 N–H and O–H groups in total. The Morgan fingerprint density at radius 1 is 0.500 bits per heavy atom. The van der Waals surface area contributed by atoms with Gasteiger partial charge in [0, 0.05) is 6.42 Å². The van der Waals surface area contributed by atoms with Gasteiger partial charge in [-0.3, -0.25) is 4.79 Å². The van der Waals surface area contributed by atoms with Crippen LogP contribution in [0.5, 0.6) is 0 Å². The molecular formula is C44H83NO3. The number of carbonyl (C=O) groups excluding carboxylic acids is 1. The molecule has 0 spiro atoms. The third-order valence-corrected chi connectivity index (χ3v) is 9.65. The molecule has 0 heterocycles. The highest BCUT2D eigenvalue weighted by Crippen LogP contribution is 2.15. The SMILES string of the molecule is CCCCCCC/C=C\C/C=C\C/C=C\CCCCCCCCCCC(=O)NC(CO)C(O)CCCCCCCCCCCCCCC. The van der Waals surface area contributed by atoms with Crippen LogP contribution in [0.1, 0.15) is 219 Å². The number of carbonyl (C=O) groups is 1. The Hall–Kier alpha value is -1.39. The predicted molar refractivity (Wildman–Crippen MR) is 212 cm³/mol. The van der Waals surface area contributed by atoms with E-state index < -0.39 is 12.1 Å². The van der Waals surface area contributed by atoms with Gasteiger partial charge in [-0.2, -0.15) is 0 Å². The van der Waals surface area contributed by atoms with Crippen LogP contribution in [0.3, 0.4) is 0 Å². The van der Waals surface area contributed by atoms with Crippen molar-refractivity contribution < 1.29 is 15.0 Å². The van der Waals surface area contributed by atoms with Crippen molar-refractivity contribution in [3.8, 4) is 0 Å². The molecule has 0 aliphatic heterocycles. The number of allylic oxidation sites excluding steroid dienone is 6. The third-order valence-electron chi connectivity index (χ3n) is 9.65. The summed E-state index contributed by atoms with van der Waals surface area (Å²) < 4.78 is 0. The van der Waals surface area contributed by atoms with Crippen LogP contribution in [0.2, 0.25) is 0 Å². The molecule has 0 saturated carbocycles. The number of nitrogens with one attached hydrogen (secondary N) is 1. The van der Waals surface area contributed by atoms with E-state index in [2.05, 4.69) is 55.6 Å². The van der Waals surface area contributed by atoms with Gasteiger partial charge in [0.25, 0.3) is 0 Å². The molecule has 4 heteroatoms. The van der Waals surface area contributed by atoms with Crippen LogP contribution < -0.4 is 5.32 Å². The average Bonchev–Trinajstić information content (AvgIpc) is 3.09. The average molecular weight is 674 g/mol. The van der Waals surface area contributed by atoms with Gasteiger partial charge in [-0.15, -0.1) is 0 Å². The molecule has 2 atom stereocenters. The van der Waals surface area contributed by atoms with Crippen LogP contribution in [0, 0.1) is 0 Å². The monoisotopic (exact) mass is 674 g/mol. The van der Waals surface area contributed by atoms with Crippen molar-refractivity contribution in [2.24, 2.45) is 0 Å². The van der Waals surface area contributed by atoms with E-state index in [0.29, 0.717) is 12.8 Å². The second kappa shape index (κ2) is 40.0. The molecule has 0 aromatic heterocycles. The van der Waals surface area contributed by atoms with Crippen LogP contribution >= 0.6 is 0 Å². The summed E-state index contributed by atoms with van der Waals surface area (Å²) in [4.78, 5) is 12.4. The zero-order valence-corrected chi connectivity index (χ0v) is 32.3. The van der Waals surface area contributed by atoms with Crippen molar-refractivity contribution in [2.45, 2.75) is 231 Å². The first-order chi connectivity index (χ1) is 23.7. The van der Waals surface area contributed by atoms with Crippen molar-refractivity contribution in [3.05, 3.63) is 36.5 Å². The molecule has 0 rings (SSSR count). The van der Waals surface area contributed by atoms with Crippen LogP contribution in [0.15, 0.2) is 36.5 Å².